The molecule has 0 saturated carbocycles. The number of hydrogen-bond acceptors (Lipinski definition) is 4. The molecule has 2 N–H and O–H groups in total. The van der Waals surface area contributed by atoms with E-state index in [-0.39, 0.29) is 23.9 Å². The Morgan fingerprint density at radius 2 is 2.10 bits per heavy atom. The monoisotopic (exact) mass is 268 g/mol. The Hall–Kier alpha value is -2.89. The van der Waals surface area contributed by atoms with Crippen molar-refractivity contribution in [2.75, 3.05) is 5.73 Å². The first-order valence-corrected chi connectivity index (χ1v) is 6.02. The fourth-order valence-electron chi connectivity index (χ4n) is 2.24. The SMILES string of the molecule is C=Cn1cc(CN2C(=O)c3cccc(N)c3C2=O)cn1. The fraction of sp³-hybridized carbons (Fsp3) is 0.0714. The number of imide groups is 1. The van der Waals surface area contributed by atoms with Crippen molar-refractivity contribution in [3.05, 3.63) is 53.9 Å². The third kappa shape index (κ3) is 1.70. The summed E-state index contributed by atoms with van der Waals surface area (Å²) in [6.45, 7) is 3.75. The van der Waals surface area contributed by atoms with Gasteiger partial charge in [-0.2, -0.15) is 5.10 Å². The van der Waals surface area contributed by atoms with E-state index >= 15 is 0 Å². The van der Waals surface area contributed by atoms with E-state index in [1.54, 1.807) is 30.6 Å². The predicted octanol–water partition coefficient (Wildman–Crippen LogP) is 1.36. The second-order valence-electron chi connectivity index (χ2n) is 4.48. The van der Waals surface area contributed by atoms with Gasteiger partial charge in [-0.05, 0) is 12.1 Å². The maximum atomic E-state index is 12.3. The lowest BCUT2D eigenvalue weighted by molar-refractivity contribution is 0.0642. The van der Waals surface area contributed by atoms with Crippen LogP contribution in [0.4, 0.5) is 5.69 Å². The zero-order chi connectivity index (χ0) is 14.3. The molecule has 0 saturated heterocycles. The van der Waals surface area contributed by atoms with E-state index in [0.29, 0.717) is 11.3 Å². The number of anilines is 1. The molecule has 0 fully saturated rings. The van der Waals surface area contributed by atoms with E-state index in [2.05, 4.69) is 11.7 Å². The summed E-state index contributed by atoms with van der Waals surface area (Å²) in [4.78, 5) is 25.7. The summed E-state index contributed by atoms with van der Waals surface area (Å²) in [5.74, 6) is -0.696. The number of rotatable bonds is 3. The Morgan fingerprint density at radius 3 is 2.75 bits per heavy atom. The lowest BCUT2D eigenvalue weighted by Crippen LogP contribution is -2.29. The second kappa shape index (κ2) is 4.34. The molecule has 0 bridgehead atoms. The van der Waals surface area contributed by atoms with Gasteiger partial charge in [0.05, 0.1) is 23.9 Å². The largest absolute Gasteiger partial charge is 0.398 e. The Bertz CT molecular complexity index is 733. The lowest BCUT2D eigenvalue weighted by atomic mass is 10.1. The summed E-state index contributed by atoms with van der Waals surface area (Å²) in [7, 11) is 0. The van der Waals surface area contributed by atoms with Crippen molar-refractivity contribution in [3.8, 4) is 0 Å². The molecule has 2 heterocycles. The minimum Gasteiger partial charge on any atom is -0.398 e. The van der Waals surface area contributed by atoms with Gasteiger partial charge in [-0.25, -0.2) is 4.68 Å². The molecule has 0 atom stereocenters. The number of nitrogens with zero attached hydrogens (tertiary/aromatic N) is 3. The van der Waals surface area contributed by atoms with E-state index in [0.717, 1.165) is 5.56 Å². The van der Waals surface area contributed by atoms with Crippen LogP contribution in [0.3, 0.4) is 0 Å². The van der Waals surface area contributed by atoms with Crippen LogP contribution in [0.5, 0.6) is 0 Å². The third-order valence-electron chi connectivity index (χ3n) is 3.21. The average Bonchev–Trinajstić information content (AvgIpc) is 2.99. The number of hydrogen-bond donors (Lipinski definition) is 1. The minimum atomic E-state index is -0.366. The van der Waals surface area contributed by atoms with Gasteiger partial charge in [0, 0.05) is 23.6 Å². The van der Waals surface area contributed by atoms with Gasteiger partial charge in [-0.15, -0.1) is 0 Å². The van der Waals surface area contributed by atoms with Gasteiger partial charge in [0.25, 0.3) is 11.8 Å². The smallest absolute Gasteiger partial charge is 0.263 e. The highest BCUT2D eigenvalue weighted by molar-refractivity contribution is 6.23. The minimum absolute atomic E-state index is 0.166. The van der Waals surface area contributed by atoms with Gasteiger partial charge in [-0.3, -0.25) is 14.5 Å². The highest BCUT2D eigenvalue weighted by Crippen LogP contribution is 2.28. The normalized spacial score (nSPS) is 13.7. The first-order valence-electron chi connectivity index (χ1n) is 6.02. The topological polar surface area (TPSA) is 81.2 Å². The van der Waals surface area contributed by atoms with Gasteiger partial charge in [0.15, 0.2) is 0 Å². The number of carbonyl (C=O) groups excluding carboxylic acids is 2. The lowest BCUT2D eigenvalue weighted by Gasteiger charge is -2.12. The highest BCUT2D eigenvalue weighted by Gasteiger charge is 2.36. The standard InChI is InChI=1S/C14H12N4O2/c1-2-17-7-9(6-16-17)8-18-13(19)10-4-3-5-11(15)12(10)14(18)20/h2-7H,1,8,15H2. The molecule has 6 heteroatoms. The Balaban J connectivity index is 1.93. The molecular weight excluding hydrogens is 256 g/mol. The third-order valence-corrected chi connectivity index (χ3v) is 3.21. The number of aromatic nitrogens is 2. The summed E-state index contributed by atoms with van der Waals surface area (Å²) in [6, 6.07) is 4.89. The molecule has 0 unspecified atom stereocenters. The number of fused-ring (bicyclic) bond motifs is 1. The first-order chi connectivity index (χ1) is 9.61. The van der Waals surface area contributed by atoms with Crippen LogP contribution in [0.1, 0.15) is 26.3 Å². The number of nitrogen functional groups attached to an aromatic ring is 1. The van der Waals surface area contributed by atoms with Crippen molar-refractivity contribution in [2.24, 2.45) is 0 Å². The zero-order valence-corrected chi connectivity index (χ0v) is 10.6. The second-order valence-corrected chi connectivity index (χ2v) is 4.48. The van der Waals surface area contributed by atoms with Gasteiger partial charge in [0.2, 0.25) is 0 Å². The van der Waals surface area contributed by atoms with E-state index in [1.165, 1.54) is 15.8 Å². The van der Waals surface area contributed by atoms with Crippen LogP contribution < -0.4 is 5.73 Å². The summed E-state index contributed by atoms with van der Waals surface area (Å²) >= 11 is 0. The predicted molar refractivity (Wildman–Crippen MR) is 73.7 cm³/mol. The Morgan fingerprint density at radius 1 is 1.30 bits per heavy atom. The van der Waals surface area contributed by atoms with Crippen LogP contribution in [-0.4, -0.2) is 26.5 Å². The van der Waals surface area contributed by atoms with Crippen molar-refractivity contribution in [1.82, 2.24) is 14.7 Å². The quantitative estimate of drug-likeness (QED) is 0.673. The van der Waals surface area contributed by atoms with Gasteiger partial charge >= 0.3 is 0 Å². The number of benzene rings is 1. The van der Waals surface area contributed by atoms with Crippen molar-refractivity contribution >= 4 is 23.7 Å². The molecule has 100 valence electrons. The molecule has 1 aliphatic heterocycles. The molecule has 2 amide bonds. The van der Waals surface area contributed by atoms with E-state index in [4.69, 9.17) is 5.73 Å². The summed E-state index contributed by atoms with van der Waals surface area (Å²) in [5, 5.41) is 4.02. The number of carbonyl (C=O) groups is 2. The Labute approximate surface area is 115 Å². The van der Waals surface area contributed by atoms with Gasteiger partial charge < -0.3 is 5.73 Å². The van der Waals surface area contributed by atoms with Crippen LogP contribution in [0, 0.1) is 0 Å². The molecule has 1 aromatic heterocycles. The fourth-order valence-corrected chi connectivity index (χ4v) is 2.24. The van der Waals surface area contributed by atoms with E-state index in [9.17, 15) is 9.59 Å². The van der Waals surface area contributed by atoms with Crippen LogP contribution >= 0.6 is 0 Å². The van der Waals surface area contributed by atoms with E-state index in [1.807, 2.05) is 0 Å². The zero-order valence-electron chi connectivity index (χ0n) is 10.6. The Kier molecular flexibility index (Phi) is 2.64. The van der Waals surface area contributed by atoms with Crippen molar-refractivity contribution in [2.45, 2.75) is 6.54 Å². The van der Waals surface area contributed by atoms with Crippen LogP contribution in [0.2, 0.25) is 0 Å². The van der Waals surface area contributed by atoms with Crippen LogP contribution in [0.15, 0.2) is 37.2 Å². The molecule has 1 aromatic carbocycles. The molecule has 0 aliphatic carbocycles. The molecule has 0 radical (unpaired) electrons. The van der Waals surface area contributed by atoms with E-state index < -0.39 is 0 Å². The van der Waals surface area contributed by atoms with Crippen LogP contribution in [0.25, 0.3) is 6.20 Å². The summed E-state index contributed by atoms with van der Waals surface area (Å²) in [6.07, 6.45) is 4.83. The van der Waals surface area contributed by atoms with Crippen molar-refractivity contribution < 1.29 is 9.59 Å². The first kappa shape index (κ1) is 12.2. The molecule has 2 aromatic rings. The number of nitrogens with two attached hydrogens (primary N) is 1. The molecule has 3 rings (SSSR count). The van der Waals surface area contributed by atoms with Crippen molar-refractivity contribution in [1.29, 1.82) is 0 Å². The van der Waals surface area contributed by atoms with Crippen molar-refractivity contribution in [3.63, 3.8) is 0 Å². The summed E-state index contributed by atoms with van der Waals surface area (Å²) in [5.41, 5.74) is 7.49. The summed E-state index contributed by atoms with van der Waals surface area (Å²) < 4.78 is 1.52. The number of amides is 2. The molecule has 20 heavy (non-hydrogen) atoms. The molecule has 6 nitrogen and oxygen atoms in total. The average molecular weight is 268 g/mol. The molecule has 1 aliphatic rings. The van der Waals surface area contributed by atoms with Gasteiger partial charge in [-0.1, -0.05) is 12.6 Å². The van der Waals surface area contributed by atoms with Crippen LogP contribution in [-0.2, 0) is 6.54 Å². The maximum absolute atomic E-state index is 12.3. The maximum Gasteiger partial charge on any atom is 0.263 e. The molecular formula is C14H12N4O2. The highest BCUT2D eigenvalue weighted by atomic mass is 16.2. The molecule has 0 spiro atoms. The van der Waals surface area contributed by atoms with Gasteiger partial charge in [0.1, 0.15) is 0 Å².